The van der Waals surface area contributed by atoms with Gasteiger partial charge >= 0.3 is 6.09 Å². The average Bonchev–Trinajstić information content (AvgIpc) is 2.54. The summed E-state index contributed by atoms with van der Waals surface area (Å²) in [6.07, 6.45) is 0.0580. The predicted octanol–water partition coefficient (Wildman–Crippen LogP) is 3.58. The van der Waals surface area contributed by atoms with Crippen LogP contribution in [0, 0.1) is 5.82 Å². The van der Waals surface area contributed by atoms with E-state index in [1.54, 1.807) is 6.07 Å². The summed E-state index contributed by atoms with van der Waals surface area (Å²) < 4.78 is 24.0. The fourth-order valence-corrected chi connectivity index (χ4v) is 2.42. The van der Waals surface area contributed by atoms with Crippen molar-refractivity contribution >= 4 is 6.09 Å². The molecule has 2 aromatic rings. The van der Waals surface area contributed by atoms with Gasteiger partial charge in [-0.25, -0.2) is 9.18 Å². The van der Waals surface area contributed by atoms with Gasteiger partial charge in [0.2, 0.25) is 0 Å². The maximum atomic E-state index is 13.4. The molecular weight excluding hydrogens is 285 g/mol. The van der Waals surface area contributed by atoms with Crippen LogP contribution in [0.4, 0.5) is 9.18 Å². The van der Waals surface area contributed by atoms with Crippen LogP contribution < -0.4 is 10.1 Å². The second-order valence-electron chi connectivity index (χ2n) is 5.08. The van der Waals surface area contributed by atoms with E-state index in [9.17, 15) is 9.18 Å². The Kier molecular flexibility index (Phi) is 4.23. The number of ether oxygens (including phenoxy) is 2. The normalized spacial score (nSPS) is 16.3. The van der Waals surface area contributed by atoms with Crippen LogP contribution in [-0.2, 0) is 11.3 Å². The molecule has 4 nitrogen and oxygen atoms in total. The minimum Gasteiger partial charge on any atom is -0.493 e. The number of fused-ring (bicyclic) bond motifs is 1. The van der Waals surface area contributed by atoms with E-state index in [1.807, 2.05) is 30.3 Å². The Hall–Kier alpha value is -2.56. The summed E-state index contributed by atoms with van der Waals surface area (Å²) in [6, 6.07) is 13.4. The lowest BCUT2D eigenvalue weighted by molar-refractivity contribution is 0.131. The lowest BCUT2D eigenvalue weighted by Gasteiger charge is -2.26. The molecular formula is C17H16FNO3. The van der Waals surface area contributed by atoms with E-state index >= 15 is 0 Å². The molecule has 1 unspecified atom stereocenters. The van der Waals surface area contributed by atoms with E-state index in [-0.39, 0.29) is 18.5 Å². The highest BCUT2D eigenvalue weighted by molar-refractivity contribution is 5.68. The van der Waals surface area contributed by atoms with Crippen LogP contribution in [0.3, 0.4) is 0 Å². The minimum atomic E-state index is -0.522. The van der Waals surface area contributed by atoms with Crippen molar-refractivity contribution < 1.29 is 18.7 Å². The molecule has 2 aromatic carbocycles. The van der Waals surface area contributed by atoms with E-state index in [4.69, 9.17) is 9.47 Å². The first-order valence-electron chi connectivity index (χ1n) is 7.12. The second-order valence-corrected chi connectivity index (χ2v) is 5.08. The summed E-state index contributed by atoms with van der Waals surface area (Å²) in [5.74, 6) is 0.245. The lowest BCUT2D eigenvalue weighted by atomic mass is 10.0. The number of benzene rings is 2. The van der Waals surface area contributed by atoms with E-state index < -0.39 is 6.09 Å². The summed E-state index contributed by atoms with van der Waals surface area (Å²) in [6.45, 7) is 0.675. The zero-order chi connectivity index (χ0) is 15.4. The van der Waals surface area contributed by atoms with Crippen molar-refractivity contribution in [3.05, 3.63) is 65.5 Å². The first-order valence-corrected chi connectivity index (χ1v) is 7.12. The minimum absolute atomic E-state index is 0.200. The van der Waals surface area contributed by atoms with Crippen LogP contribution in [0.1, 0.15) is 23.6 Å². The maximum Gasteiger partial charge on any atom is 0.407 e. The van der Waals surface area contributed by atoms with Crippen molar-refractivity contribution in [3.63, 3.8) is 0 Å². The monoisotopic (exact) mass is 301 g/mol. The van der Waals surface area contributed by atoms with E-state index in [2.05, 4.69) is 5.32 Å². The Balaban J connectivity index is 1.62. The van der Waals surface area contributed by atoms with Crippen molar-refractivity contribution in [2.24, 2.45) is 0 Å². The van der Waals surface area contributed by atoms with Crippen molar-refractivity contribution in [1.82, 2.24) is 5.32 Å². The Morgan fingerprint density at radius 3 is 2.91 bits per heavy atom. The molecule has 0 spiro atoms. The van der Waals surface area contributed by atoms with Crippen LogP contribution >= 0.6 is 0 Å². The SMILES string of the molecule is O=C(NC1CCOc2ccc(F)cc21)OCc1ccccc1. The van der Waals surface area contributed by atoms with Crippen LogP contribution in [0.5, 0.6) is 5.75 Å². The fraction of sp³-hybridized carbons (Fsp3) is 0.235. The molecule has 5 heteroatoms. The van der Waals surface area contributed by atoms with Crippen molar-refractivity contribution in [2.75, 3.05) is 6.61 Å². The van der Waals surface area contributed by atoms with Crippen LogP contribution in [0.2, 0.25) is 0 Å². The molecule has 0 fully saturated rings. The first-order chi connectivity index (χ1) is 10.7. The van der Waals surface area contributed by atoms with Gasteiger partial charge in [-0.15, -0.1) is 0 Å². The van der Waals surface area contributed by atoms with Gasteiger partial charge in [0, 0.05) is 12.0 Å². The van der Waals surface area contributed by atoms with Crippen LogP contribution in [0.25, 0.3) is 0 Å². The number of amides is 1. The van der Waals surface area contributed by atoms with E-state index in [1.165, 1.54) is 12.1 Å². The Bertz CT molecular complexity index is 660. The molecule has 1 amide bonds. The molecule has 22 heavy (non-hydrogen) atoms. The smallest absolute Gasteiger partial charge is 0.407 e. The topological polar surface area (TPSA) is 47.6 Å². The fourth-order valence-electron chi connectivity index (χ4n) is 2.42. The van der Waals surface area contributed by atoms with Gasteiger partial charge in [-0.05, 0) is 23.8 Å². The molecule has 0 saturated heterocycles. The number of carbonyl (C=O) groups excluding carboxylic acids is 1. The van der Waals surface area contributed by atoms with Gasteiger partial charge in [0.25, 0.3) is 0 Å². The van der Waals surface area contributed by atoms with Crippen molar-refractivity contribution in [3.8, 4) is 5.75 Å². The van der Waals surface area contributed by atoms with Gasteiger partial charge in [-0.1, -0.05) is 30.3 Å². The average molecular weight is 301 g/mol. The third kappa shape index (κ3) is 3.36. The molecule has 0 radical (unpaired) electrons. The summed E-state index contributed by atoms with van der Waals surface area (Å²) in [5, 5.41) is 2.76. The number of nitrogens with one attached hydrogen (secondary N) is 1. The predicted molar refractivity (Wildman–Crippen MR) is 79.0 cm³/mol. The molecule has 1 N–H and O–H groups in total. The molecule has 0 aromatic heterocycles. The highest BCUT2D eigenvalue weighted by Gasteiger charge is 2.24. The zero-order valence-corrected chi connectivity index (χ0v) is 11.9. The van der Waals surface area contributed by atoms with Gasteiger partial charge in [-0.3, -0.25) is 0 Å². The summed E-state index contributed by atoms with van der Waals surface area (Å²) in [7, 11) is 0. The molecule has 0 aliphatic carbocycles. The summed E-state index contributed by atoms with van der Waals surface area (Å²) >= 11 is 0. The largest absolute Gasteiger partial charge is 0.493 e. The first kappa shape index (κ1) is 14.4. The Labute approximate surface area is 127 Å². The number of halogens is 1. The third-order valence-corrected chi connectivity index (χ3v) is 3.52. The molecule has 1 aliphatic rings. The molecule has 1 aliphatic heterocycles. The Morgan fingerprint density at radius 1 is 1.27 bits per heavy atom. The van der Waals surface area contributed by atoms with E-state index in [0.717, 1.165) is 5.56 Å². The van der Waals surface area contributed by atoms with Crippen molar-refractivity contribution in [1.29, 1.82) is 0 Å². The number of hydrogen-bond donors (Lipinski definition) is 1. The highest BCUT2D eigenvalue weighted by Crippen LogP contribution is 2.32. The van der Waals surface area contributed by atoms with Crippen molar-refractivity contribution in [2.45, 2.75) is 19.1 Å². The van der Waals surface area contributed by atoms with Gasteiger partial charge < -0.3 is 14.8 Å². The van der Waals surface area contributed by atoms with Gasteiger partial charge in [-0.2, -0.15) is 0 Å². The number of alkyl carbamates (subject to hydrolysis) is 1. The standard InChI is InChI=1S/C17H16FNO3/c18-13-6-7-16-14(10-13)15(8-9-21-16)19-17(20)22-11-12-4-2-1-3-5-12/h1-7,10,15H,8-9,11H2,(H,19,20). The quantitative estimate of drug-likeness (QED) is 0.942. The molecule has 0 bridgehead atoms. The molecule has 0 saturated carbocycles. The maximum absolute atomic E-state index is 13.4. The lowest BCUT2D eigenvalue weighted by Crippen LogP contribution is -2.32. The third-order valence-electron chi connectivity index (χ3n) is 3.52. The highest BCUT2D eigenvalue weighted by atomic mass is 19.1. The van der Waals surface area contributed by atoms with Crippen LogP contribution in [-0.4, -0.2) is 12.7 Å². The van der Waals surface area contributed by atoms with E-state index in [0.29, 0.717) is 24.3 Å². The zero-order valence-electron chi connectivity index (χ0n) is 11.9. The molecule has 3 rings (SSSR count). The van der Waals surface area contributed by atoms with Gasteiger partial charge in [0.1, 0.15) is 18.2 Å². The number of rotatable bonds is 3. The molecule has 1 heterocycles. The van der Waals surface area contributed by atoms with Crippen LogP contribution in [0.15, 0.2) is 48.5 Å². The molecule has 114 valence electrons. The molecule has 1 atom stereocenters. The summed E-state index contributed by atoms with van der Waals surface area (Å²) in [4.78, 5) is 11.9. The van der Waals surface area contributed by atoms with Gasteiger partial charge in [0.05, 0.1) is 12.6 Å². The van der Waals surface area contributed by atoms with Gasteiger partial charge in [0.15, 0.2) is 0 Å². The second kappa shape index (κ2) is 6.47. The summed E-state index contributed by atoms with van der Waals surface area (Å²) in [5.41, 5.74) is 1.55. The number of hydrogen-bond acceptors (Lipinski definition) is 3. The number of carbonyl (C=O) groups is 1. The Morgan fingerprint density at radius 2 is 2.09 bits per heavy atom.